The normalized spacial score (nSPS) is 17.0. The third-order valence-electron chi connectivity index (χ3n) is 3.85. The number of nitrogens with zero attached hydrogens (tertiary/aromatic N) is 1. The van der Waals surface area contributed by atoms with Crippen LogP contribution >= 0.6 is 15.9 Å². The van der Waals surface area contributed by atoms with Crippen LogP contribution in [0.25, 0.3) is 0 Å². The molecule has 1 saturated heterocycles. The number of carbonyl (C=O) groups is 2. The van der Waals surface area contributed by atoms with Crippen molar-refractivity contribution in [3.63, 3.8) is 0 Å². The molecule has 0 saturated carbocycles. The number of imide groups is 1. The second-order valence-corrected chi connectivity index (χ2v) is 5.89. The van der Waals surface area contributed by atoms with Crippen LogP contribution in [0.1, 0.15) is 26.7 Å². The Bertz CT molecular complexity index is 526. The summed E-state index contributed by atoms with van der Waals surface area (Å²) in [6.45, 7) is 4.35. The average molecular weight is 355 g/mol. The lowest BCUT2D eigenvalue weighted by Crippen LogP contribution is -2.46. The summed E-state index contributed by atoms with van der Waals surface area (Å²) in [6, 6.07) is 7.09. The van der Waals surface area contributed by atoms with Gasteiger partial charge in [-0.05, 0) is 37.1 Å². The first-order valence-corrected chi connectivity index (χ1v) is 7.84. The van der Waals surface area contributed by atoms with E-state index in [9.17, 15) is 9.59 Å². The Morgan fingerprint density at radius 1 is 1.19 bits per heavy atom. The predicted molar refractivity (Wildman–Crippen MR) is 83.2 cm³/mol. The van der Waals surface area contributed by atoms with Crippen LogP contribution in [0.15, 0.2) is 28.7 Å². The average Bonchev–Trinajstić information content (AvgIpc) is 2.73. The first-order valence-electron chi connectivity index (χ1n) is 7.05. The highest BCUT2D eigenvalue weighted by atomic mass is 79.9. The maximum atomic E-state index is 12.4. The van der Waals surface area contributed by atoms with Crippen LogP contribution in [0.5, 0.6) is 5.75 Å². The fourth-order valence-corrected chi connectivity index (χ4v) is 2.66. The Kier molecular flexibility index (Phi) is 4.88. The molecule has 21 heavy (non-hydrogen) atoms. The third kappa shape index (κ3) is 3.20. The number of benzene rings is 1. The lowest BCUT2D eigenvalue weighted by Gasteiger charge is -2.23. The largest absolute Gasteiger partial charge is 0.492 e. The SMILES string of the molecule is CCC1(CC)NC(=O)N(CCOc2ccc(Br)cc2)C1=O. The molecule has 1 heterocycles. The van der Waals surface area contributed by atoms with Gasteiger partial charge in [-0.1, -0.05) is 29.8 Å². The molecule has 2 rings (SSSR count). The van der Waals surface area contributed by atoms with Crippen molar-refractivity contribution in [2.45, 2.75) is 32.2 Å². The van der Waals surface area contributed by atoms with E-state index in [-0.39, 0.29) is 25.1 Å². The van der Waals surface area contributed by atoms with Gasteiger partial charge in [-0.2, -0.15) is 0 Å². The number of hydrogen-bond donors (Lipinski definition) is 1. The molecule has 1 N–H and O–H groups in total. The Labute approximate surface area is 132 Å². The lowest BCUT2D eigenvalue weighted by molar-refractivity contribution is -0.131. The predicted octanol–water partition coefficient (Wildman–Crippen LogP) is 2.94. The molecule has 0 radical (unpaired) electrons. The van der Waals surface area contributed by atoms with E-state index in [1.54, 1.807) is 0 Å². The maximum absolute atomic E-state index is 12.4. The van der Waals surface area contributed by atoms with E-state index < -0.39 is 5.54 Å². The molecule has 0 spiro atoms. The Hall–Kier alpha value is -1.56. The summed E-state index contributed by atoms with van der Waals surface area (Å²) < 4.78 is 6.53. The van der Waals surface area contributed by atoms with E-state index in [1.165, 1.54) is 4.90 Å². The maximum Gasteiger partial charge on any atom is 0.325 e. The molecule has 1 aliphatic rings. The van der Waals surface area contributed by atoms with Crippen LogP contribution in [-0.2, 0) is 4.79 Å². The van der Waals surface area contributed by atoms with Crippen molar-refractivity contribution in [2.24, 2.45) is 0 Å². The van der Waals surface area contributed by atoms with Crippen LogP contribution in [0, 0.1) is 0 Å². The fraction of sp³-hybridized carbons (Fsp3) is 0.467. The van der Waals surface area contributed by atoms with Gasteiger partial charge in [-0.15, -0.1) is 0 Å². The molecular weight excluding hydrogens is 336 g/mol. The van der Waals surface area contributed by atoms with E-state index in [2.05, 4.69) is 21.2 Å². The van der Waals surface area contributed by atoms with Gasteiger partial charge in [0.25, 0.3) is 5.91 Å². The Morgan fingerprint density at radius 3 is 2.33 bits per heavy atom. The van der Waals surface area contributed by atoms with Crippen molar-refractivity contribution in [3.05, 3.63) is 28.7 Å². The molecule has 5 nitrogen and oxygen atoms in total. The van der Waals surface area contributed by atoms with Crippen LogP contribution in [0.2, 0.25) is 0 Å². The second-order valence-electron chi connectivity index (χ2n) is 4.98. The molecule has 1 fully saturated rings. The van der Waals surface area contributed by atoms with Gasteiger partial charge >= 0.3 is 6.03 Å². The standard InChI is InChI=1S/C15H19BrN2O3/c1-3-15(4-2)13(19)18(14(20)17-15)9-10-21-12-7-5-11(16)6-8-12/h5-8H,3-4,9-10H2,1-2H3,(H,17,20). The van der Waals surface area contributed by atoms with E-state index in [1.807, 2.05) is 38.1 Å². The Balaban J connectivity index is 1.93. The van der Waals surface area contributed by atoms with Gasteiger partial charge in [0, 0.05) is 4.47 Å². The van der Waals surface area contributed by atoms with Crippen LogP contribution < -0.4 is 10.1 Å². The monoisotopic (exact) mass is 354 g/mol. The van der Waals surface area contributed by atoms with Crippen LogP contribution in [0.3, 0.4) is 0 Å². The smallest absolute Gasteiger partial charge is 0.325 e. The van der Waals surface area contributed by atoms with Crippen molar-refractivity contribution in [1.29, 1.82) is 0 Å². The minimum atomic E-state index is -0.741. The van der Waals surface area contributed by atoms with Gasteiger partial charge in [0.2, 0.25) is 0 Å². The lowest BCUT2D eigenvalue weighted by atomic mass is 9.93. The summed E-state index contributed by atoms with van der Waals surface area (Å²) >= 11 is 3.35. The van der Waals surface area contributed by atoms with E-state index in [0.29, 0.717) is 18.6 Å². The topological polar surface area (TPSA) is 58.6 Å². The van der Waals surface area contributed by atoms with Gasteiger partial charge in [0.1, 0.15) is 17.9 Å². The van der Waals surface area contributed by atoms with Crippen LogP contribution in [-0.4, -0.2) is 35.5 Å². The van der Waals surface area contributed by atoms with Gasteiger partial charge in [0.15, 0.2) is 0 Å². The molecule has 0 aliphatic carbocycles. The summed E-state index contributed by atoms with van der Waals surface area (Å²) in [5.41, 5.74) is -0.741. The number of rotatable bonds is 6. The molecule has 1 aromatic rings. The molecule has 1 aliphatic heterocycles. The minimum absolute atomic E-state index is 0.156. The minimum Gasteiger partial charge on any atom is -0.492 e. The number of nitrogens with one attached hydrogen (secondary N) is 1. The van der Waals surface area contributed by atoms with Gasteiger partial charge in [-0.3, -0.25) is 9.69 Å². The van der Waals surface area contributed by atoms with Crippen molar-refractivity contribution in [1.82, 2.24) is 10.2 Å². The van der Waals surface area contributed by atoms with E-state index in [4.69, 9.17) is 4.74 Å². The number of amides is 3. The fourth-order valence-electron chi connectivity index (χ4n) is 2.39. The molecule has 0 bridgehead atoms. The number of ether oxygens (including phenoxy) is 1. The zero-order chi connectivity index (χ0) is 15.5. The molecule has 3 amide bonds. The summed E-state index contributed by atoms with van der Waals surface area (Å²) in [6.07, 6.45) is 1.19. The molecule has 0 aromatic heterocycles. The van der Waals surface area contributed by atoms with Crippen LogP contribution in [0.4, 0.5) is 4.79 Å². The molecular formula is C15H19BrN2O3. The quantitative estimate of drug-likeness (QED) is 0.799. The second kappa shape index (κ2) is 6.47. The third-order valence-corrected chi connectivity index (χ3v) is 4.38. The number of hydrogen-bond acceptors (Lipinski definition) is 3. The summed E-state index contributed by atoms with van der Waals surface area (Å²) in [4.78, 5) is 25.5. The molecule has 1 aromatic carbocycles. The number of carbonyl (C=O) groups excluding carboxylic acids is 2. The summed E-state index contributed by atoms with van der Waals surface area (Å²) in [5.74, 6) is 0.555. The highest BCUT2D eigenvalue weighted by molar-refractivity contribution is 9.10. The first-order chi connectivity index (χ1) is 10.0. The van der Waals surface area contributed by atoms with Gasteiger partial charge < -0.3 is 10.1 Å². The van der Waals surface area contributed by atoms with E-state index >= 15 is 0 Å². The highest BCUT2D eigenvalue weighted by Crippen LogP contribution is 2.24. The number of urea groups is 1. The molecule has 6 heteroatoms. The summed E-state index contributed by atoms with van der Waals surface area (Å²) in [5, 5.41) is 2.80. The van der Waals surface area contributed by atoms with Crippen molar-refractivity contribution in [2.75, 3.05) is 13.2 Å². The van der Waals surface area contributed by atoms with Crippen molar-refractivity contribution in [3.8, 4) is 5.75 Å². The van der Waals surface area contributed by atoms with Crippen molar-refractivity contribution < 1.29 is 14.3 Å². The van der Waals surface area contributed by atoms with E-state index in [0.717, 1.165) is 4.47 Å². The van der Waals surface area contributed by atoms with Gasteiger partial charge in [-0.25, -0.2) is 4.79 Å². The highest BCUT2D eigenvalue weighted by Gasteiger charge is 2.48. The first kappa shape index (κ1) is 15.8. The summed E-state index contributed by atoms with van der Waals surface area (Å²) in [7, 11) is 0. The zero-order valence-electron chi connectivity index (χ0n) is 12.2. The number of halogens is 1. The molecule has 0 atom stereocenters. The Morgan fingerprint density at radius 2 is 1.81 bits per heavy atom. The van der Waals surface area contributed by atoms with Gasteiger partial charge in [0.05, 0.1) is 6.54 Å². The van der Waals surface area contributed by atoms with Crippen molar-refractivity contribution >= 4 is 27.9 Å². The zero-order valence-corrected chi connectivity index (χ0v) is 13.8. The molecule has 0 unspecified atom stereocenters. The molecule has 114 valence electrons.